The van der Waals surface area contributed by atoms with Crippen LogP contribution >= 0.6 is 10.2 Å². The molecule has 1 aliphatic heterocycles. The number of benzene rings is 1. The van der Waals surface area contributed by atoms with Gasteiger partial charge < -0.3 is 10.0 Å². The molecule has 0 saturated carbocycles. The molecule has 0 unspecified atom stereocenters. The number of hydrogen-bond donors (Lipinski definition) is 1. The Hall–Kier alpha value is -2.94. The zero-order valence-corrected chi connectivity index (χ0v) is 15.6. The molecule has 3 rings (SSSR count). The molecule has 156 valence electrons. The van der Waals surface area contributed by atoms with Gasteiger partial charge in [-0.3, -0.25) is 0 Å². The van der Waals surface area contributed by atoms with Crippen molar-refractivity contribution in [3.05, 3.63) is 47.7 Å². The van der Waals surface area contributed by atoms with Crippen molar-refractivity contribution in [2.45, 2.75) is 23.2 Å². The molecule has 0 amide bonds. The SMILES string of the molecule is N#CC1(c2ccc(S(F)(F)(F)(F)F)cc2)CCN(c2ccc(C(=O)O)nn2)CC1. The van der Waals surface area contributed by atoms with Gasteiger partial charge in [0.2, 0.25) is 0 Å². The lowest BCUT2D eigenvalue weighted by Crippen LogP contribution is -2.42. The zero-order valence-electron chi connectivity index (χ0n) is 14.7. The molecule has 1 aromatic carbocycles. The van der Waals surface area contributed by atoms with Crippen LogP contribution in [-0.4, -0.2) is 34.4 Å². The van der Waals surface area contributed by atoms with Gasteiger partial charge in [0.25, 0.3) is 0 Å². The number of aromatic carboxylic acids is 1. The first-order valence-corrected chi connectivity index (χ1v) is 10.3. The third-order valence-electron chi connectivity index (χ3n) is 4.88. The number of halogens is 5. The van der Waals surface area contributed by atoms with Crippen LogP contribution in [0.4, 0.5) is 25.2 Å². The fraction of sp³-hybridized carbons (Fsp3) is 0.294. The maximum Gasteiger partial charge on any atom is 0.356 e. The van der Waals surface area contributed by atoms with Crippen molar-refractivity contribution in [1.82, 2.24) is 10.2 Å². The Bertz CT molecular complexity index is 981. The molecule has 1 saturated heterocycles. The van der Waals surface area contributed by atoms with Crippen molar-refractivity contribution in [2.24, 2.45) is 0 Å². The van der Waals surface area contributed by atoms with Crippen LogP contribution in [0.3, 0.4) is 0 Å². The van der Waals surface area contributed by atoms with Crippen molar-refractivity contribution in [2.75, 3.05) is 18.0 Å². The number of piperidine rings is 1. The number of carbonyl (C=O) groups is 1. The molecule has 12 heteroatoms. The fourth-order valence-corrected chi connectivity index (χ4v) is 3.87. The summed E-state index contributed by atoms with van der Waals surface area (Å²) in [5, 5.41) is 25.9. The van der Waals surface area contributed by atoms with Gasteiger partial charge in [-0.1, -0.05) is 31.6 Å². The van der Waals surface area contributed by atoms with Gasteiger partial charge in [0, 0.05) is 13.1 Å². The van der Waals surface area contributed by atoms with Crippen LogP contribution < -0.4 is 4.90 Å². The van der Waals surface area contributed by atoms with Gasteiger partial charge in [0.15, 0.2) is 11.5 Å². The van der Waals surface area contributed by atoms with E-state index < -0.39 is 26.5 Å². The highest BCUT2D eigenvalue weighted by atomic mass is 32.5. The molecule has 0 spiro atoms. The van der Waals surface area contributed by atoms with E-state index in [1.807, 2.05) is 0 Å². The summed E-state index contributed by atoms with van der Waals surface area (Å²) in [5.41, 5.74) is -1.11. The molecule has 2 aromatic rings. The number of hydrogen-bond acceptors (Lipinski definition) is 5. The minimum absolute atomic E-state index is 0.221. The van der Waals surface area contributed by atoms with Crippen molar-refractivity contribution < 1.29 is 29.3 Å². The Kier molecular flexibility index (Phi) is 4.32. The molecule has 2 heterocycles. The molecule has 0 aliphatic carbocycles. The fourth-order valence-electron chi connectivity index (χ4n) is 3.22. The van der Waals surface area contributed by atoms with Gasteiger partial charge in [0.1, 0.15) is 4.90 Å². The predicted molar refractivity (Wildman–Crippen MR) is 95.6 cm³/mol. The average molecular weight is 434 g/mol. The van der Waals surface area contributed by atoms with Gasteiger partial charge in [-0.25, -0.2) is 4.79 Å². The zero-order chi connectivity index (χ0) is 21.6. The van der Waals surface area contributed by atoms with Gasteiger partial charge in [0.05, 0.1) is 11.5 Å². The van der Waals surface area contributed by atoms with Crippen LogP contribution in [0, 0.1) is 11.3 Å². The van der Waals surface area contributed by atoms with Crippen LogP contribution in [0.25, 0.3) is 0 Å². The highest BCUT2D eigenvalue weighted by molar-refractivity contribution is 8.45. The number of rotatable bonds is 4. The Morgan fingerprint density at radius 1 is 1.03 bits per heavy atom. The Balaban J connectivity index is 1.79. The molecule has 6 nitrogen and oxygen atoms in total. The first-order chi connectivity index (χ1) is 13.2. The smallest absolute Gasteiger partial charge is 0.356 e. The van der Waals surface area contributed by atoms with Gasteiger partial charge in [-0.2, -0.15) is 5.26 Å². The first-order valence-electron chi connectivity index (χ1n) is 8.32. The van der Waals surface area contributed by atoms with Crippen LogP contribution in [-0.2, 0) is 5.41 Å². The number of carboxylic acid groups (broad SMARTS) is 1. The molecule has 0 radical (unpaired) electrons. The third-order valence-corrected chi connectivity index (χ3v) is 6.04. The van der Waals surface area contributed by atoms with Gasteiger partial charge >= 0.3 is 16.2 Å². The maximum atomic E-state index is 12.9. The quantitative estimate of drug-likeness (QED) is 0.689. The minimum Gasteiger partial charge on any atom is -0.476 e. The van der Waals surface area contributed by atoms with E-state index in [1.54, 1.807) is 4.90 Å². The summed E-state index contributed by atoms with van der Waals surface area (Å²) in [4.78, 5) is 10.6. The lowest BCUT2D eigenvalue weighted by molar-refractivity contribution is 0.0689. The van der Waals surface area contributed by atoms with E-state index in [2.05, 4.69) is 16.3 Å². The van der Waals surface area contributed by atoms with E-state index in [4.69, 9.17) is 5.11 Å². The number of carboxylic acids is 1. The summed E-state index contributed by atoms with van der Waals surface area (Å²) < 4.78 is 64.5. The van der Waals surface area contributed by atoms with Crippen molar-refractivity contribution in [3.8, 4) is 6.07 Å². The molecular weight excluding hydrogens is 419 g/mol. The monoisotopic (exact) mass is 434 g/mol. The van der Waals surface area contributed by atoms with E-state index in [9.17, 15) is 29.5 Å². The number of nitrogens with zero attached hydrogens (tertiary/aromatic N) is 4. The number of anilines is 1. The first kappa shape index (κ1) is 20.8. The van der Waals surface area contributed by atoms with Gasteiger partial charge in [-0.05, 0) is 42.7 Å². The molecule has 1 aliphatic rings. The lowest BCUT2D eigenvalue weighted by Gasteiger charge is -2.41. The largest absolute Gasteiger partial charge is 0.476 e. The summed E-state index contributed by atoms with van der Waals surface area (Å²) in [6.45, 7) is 0.607. The molecule has 0 bridgehead atoms. The highest BCUT2D eigenvalue weighted by Crippen LogP contribution is 3.02. The normalized spacial score (nSPS) is 19.0. The summed E-state index contributed by atoms with van der Waals surface area (Å²) in [6.07, 6.45) is 0.448. The number of aromatic nitrogens is 2. The predicted octanol–water partition coefficient (Wildman–Crippen LogP) is 4.89. The van der Waals surface area contributed by atoms with Crippen LogP contribution in [0.1, 0.15) is 28.9 Å². The molecular formula is C17H15F5N4O2S. The minimum atomic E-state index is -9.77. The van der Waals surface area contributed by atoms with Crippen molar-refractivity contribution in [3.63, 3.8) is 0 Å². The topological polar surface area (TPSA) is 90.1 Å². The second-order valence-corrected chi connectivity index (χ2v) is 9.17. The average Bonchev–Trinajstić information content (AvgIpc) is 2.66. The van der Waals surface area contributed by atoms with Crippen molar-refractivity contribution in [1.29, 1.82) is 5.26 Å². The Morgan fingerprint density at radius 2 is 1.62 bits per heavy atom. The standard InChI is InChI=1S/C17H15F5N4O2S/c18-29(19,20,21,22)13-3-1-12(2-4-13)17(11-23)7-9-26(10-8-17)15-6-5-14(16(27)28)24-25-15/h1-6H,7-10H2,(H,27,28). The van der Waals surface area contributed by atoms with Crippen LogP contribution in [0.2, 0.25) is 0 Å². The summed E-state index contributed by atoms with van der Waals surface area (Å²) in [7, 11) is -9.77. The molecule has 1 fully saturated rings. The molecule has 29 heavy (non-hydrogen) atoms. The van der Waals surface area contributed by atoms with Crippen LogP contribution in [0.15, 0.2) is 41.3 Å². The van der Waals surface area contributed by atoms with Crippen LogP contribution in [0.5, 0.6) is 0 Å². The van der Waals surface area contributed by atoms with Gasteiger partial charge in [-0.15, -0.1) is 10.2 Å². The Morgan fingerprint density at radius 3 is 2.03 bits per heavy atom. The van der Waals surface area contributed by atoms with E-state index in [0.29, 0.717) is 31.0 Å². The van der Waals surface area contributed by atoms with E-state index >= 15 is 0 Å². The molecule has 1 aromatic heterocycles. The third kappa shape index (κ3) is 4.24. The second-order valence-electron chi connectivity index (χ2n) is 6.76. The highest BCUT2D eigenvalue weighted by Gasteiger charge is 2.65. The molecule has 1 N–H and O–H groups in total. The van der Waals surface area contributed by atoms with E-state index in [1.165, 1.54) is 12.1 Å². The summed E-state index contributed by atoms with van der Waals surface area (Å²) >= 11 is 0. The Labute approximate surface area is 162 Å². The molecule has 0 atom stereocenters. The maximum absolute atomic E-state index is 12.9. The summed E-state index contributed by atoms with van der Waals surface area (Å²) in [5.74, 6) is -0.820. The van der Waals surface area contributed by atoms with Crippen molar-refractivity contribution >= 4 is 22.0 Å². The van der Waals surface area contributed by atoms with E-state index in [0.717, 1.165) is 12.1 Å². The van der Waals surface area contributed by atoms with E-state index in [-0.39, 0.29) is 24.1 Å². The second kappa shape index (κ2) is 6.03. The number of nitriles is 1. The lowest BCUT2D eigenvalue weighted by atomic mass is 9.74. The summed E-state index contributed by atoms with van der Waals surface area (Å²) in [6, 6.07) is 7.35.